The van der Waals surface area contributed by atoms with Crippen LogP contribution in [0.1, 0.15) is 44.7 Å². The van der Waals surface area contributed by atoms with Gasteiger partial charge < -0.3 is 14.9 Å². The molecule has 1 saturated heterocycles. The maximum atomic E-state index is 12.7. The lowest BCUT2D eigenvalue weighted by atomic mass is 9.94. The van der Waals surface area contributed by atoms with Gasteiger partial charge >= 0.3 is 6.03 Å². The minimum absolute atomic E-state index is 0.105. The number of likely N-dealkylation sites (tertiary alicyclic amines) is 1. The van der Waals surface area contributed by atoms with Gasteiger partial charge in [0.15, 0.2) is 0 Å². The Kier molecular flexibility index (Phi) is 6.84. The molecule has 7 heteroatoms. The van der Waals surface area contributed by atoms with Gasteiger partial charge in [0, 0.05) is 32.2 Å². The zero-order chi connectivity index (χ0) is 18.4. The SMILES string of the molecule is CCCCn1nc(C)cc1NC(=O)N1CCC[C@@](O)(CN(C)C)CC1. The van der Waals surface area contributed by atoms with Crippen LogP contribution in [0.4, 0.5) is 10.6 Å². The molecule has 0 aliphatic carbocycles. The molecule has 0 spiro atoms. The van der Waals surface area contributed by atoms with Crippen LogP contribution in [0, 0.1) is 6.92 Å². The van der Waals surface area contributed by atoms with E-state index in [1.165, 1.54) is 0 Å². The molecule has 1 fully saturated rings. The van der Waals surface area contributed by atoms with Gasteiger partial charge in [-0.15, -0.1) is 0 Å². The van der Waals surface area contributed by atoms with Crippen molar-refractivity contribution >= 4 is 11.8 Å². The zero-order valence-corrected chi connectivity index (χ0v) is 16.1. The summed E-state index contributed by atoms with van der Waals surface area (Å²) in [6, 6.07) is 1.81. The smallest absolute Gasteiger partial charge is 0.323 e. The number of unbranched alkanes of at least 4 members (excludes halogenated alkanes) is 1. The van der Waals surface area contributed by atoms with Gasteiger partial charge in [-0.25, -0.2) is 9.48 Å². The summed E-state index contributed by atoms with van der Waals surface area (Å²) >= 11 is 0. The van der Waals surface area contributed by atoms with Crippen LogP contribution in [0.5, 0.6) is 0 Å². The molecule has 0 unspecified atom stereocenters. The van der Waals surface area contributed by atoms with Gasteiger partial charge in [0.25, 0.3) is 0 Å². The summed E-state index contributed by atoms with van der Waals surface area (Å²) in [6.07, 6.45) is 4.26. The lowest BCUT2D eigenvalue weighted by molar-refractivity contribution is 0.00361. The van der Waals surface area contributed by atoms with Crippen LogP contribution < -0.4 is 5.32 Å². The molecule has 2 heterocycles. The van der Waals surface area contributed by atoms with Crippen LogP contribution in [-0.4, -0.2) is 70.0 Å². The average molecular weight is 351 g/mol. The minimum Gasteiger partial charge on any atom is -0.388 e. The van der Waals surface area contributed by atoms with Crippen molar-refractivity contribution in [1.82, 2.24) is 19.6 Å². The molecule has 142 valence electrons. The number of carbonyl (C=O) groups excluding carboxylic acids is 1. The number of anilines is 1. The van der Waals surface area contributed by atoms with E-state index in [1.807, 2.05) is 36.7 Å². The van der Waals surface area contributed by atoms with E-state index in [0.717, 1.165) is 43.7 Å². The summed E-state index contributed by atoms with van der Waals surface area (Å²) in [5.74, 6) is 0.753. The molecule has 1 aliphatic rings. The van der Waals surface area contributed by atoms with E-state index in [4.69, 9.17) is 0 Å². The number of nitrogens with one attached hydrogen (secondary N) is 1. The Morgan fingerprint density at radius 3 is 2.84 bits per heavy atom. The van der Waals surface area contributed by atoms with E-state index in [-0.39, 0.29) is 6.03 Å². The molecule has 0 radical (unpaired) electrons. The molecular formula is C18H33N5O2. The number of urea groups is 1. The Morgan fingerprint density at radius 2 is 2.16 bits per heavy atom. The van der Waals surface area contributed by atoms with Crippen LogP contribution in [0.3, 0.4) is 0 Å². The van der Waals surface area contributed by atoms with Crippen molar-refractivity contribution in [3.05, 3.63) is 11.8 Å². The van der Waals surface area contributed by atoms with Gasteiger partial charge in [-0.05, 0) is 46.7 Å². The number of carbonyl (C=O) groups is 1. The van der Waals surface area contributed by atoms with Crippen molar-refractivity contribution in [1.29, 1.82) is 0 Å². The number of aryl methyl sites for hydroxylation is 2. The second-order valence-electron chi connectivity index (χ2n) is 7.48. The van der Waals surface area contributed by atoms with Crippen molar-refractivity contribution in [2.75, 3.05) is 39.0 Å². The third kappa shape index (κ3) is 5.71. The highest BCUT2D eigenvalue weighted by atomic mass is 16.3. The largest absolute Gasteiger partial charge is 0.388 e. The Bertz CT molecular complexity index is 572. The summed E-state index contributed by atoms with van der Waals surface area (Å²) in [5.41, 5.74) is 0.195. The maximum Gasteiger partial charge on any atom is 0.323 e. The van der Waals surface area contributed by atoms with Crippen LogP contribution in [0.2, 0.25) is 0 Å². The molecule has 1 aromatic rings. The first kappa shape index (κ1) is 19.7. The fraction of sp³-hybridized carbons (Fsp3) is 0.778. The summed E-state index contributed by atoms with van der Waals surface area (Å²) in [7, 11) is 3.93. The van der Waals surface area contributed by atoms with E-state index >= 15 is 0 Å². The number of likely N-dealkylation sites (N-methyl/N-ethyl adjacent to an activating group) is 1. The number of aliphatic hydroxyl groups is 1. The van der Waals surface area contributed by atoms with Crippen molar-refractivity contribution < 1.29 is 9.90 Å². The highest BCUT2D eigenvalue weighted by molar-refractivity contribution is 5.88. The topological polar surface area (TPSA) is 73.6 Å². The van der Waals surface area contributed by atoms with Gasteiger partial charge in [-0.3, -0.25) is 5.32 Å². The third-order valence-electron chi connectivity index (χ3n) is 4.68. The molecule has 1 aromatic heterocycles. The molecule has 0 bridgehead atoms. The molecule has 1 aliphatic heterocycles. The summed E-state index contributed by atoms with van der Waals surface area (Å²) in [5, 5.41) is 18.2. The highest BCUT2D eigenvalue weighted by Crippen LogP contribution is 2.23. The van der Waals surface area contributed by atoms with E-state index in [1.54, 1.807) is 4.90 Å². The van der Waals surface area contributed by atoms with Gasteiger partial charge in [-0.2, -0.15) is 5.10 Å². The molecule has 7 nitrogen and oxygen atoms in total. The van der Waals surface area contributed by atoms with Gasteiger partial charge in [0.1, 0.15) is 5.82 Å². The van der Waals surface area contributed by atoms with Crippen molar-refractivity contribution in [2.24, 2.45) is 0 Å². The standard InChI is InChI=1S/C18H33N5O2/c1-5-6-11-23-16(13-15(2)20-23)19-17(24)22-10-7-8-18(25,9-12-22)14-21(3)4/h13,25H,5-12,14H2,1-4H3,(H,19,24)/t18-/m0/s1. The number of nitrogens with zero attached hydrogens (tertiary/aromatic N) is 4. The summed E-state index contributed by atoms with van der Waals surface area (Å²) < 4.78 is 1.87. The zero-order valence-electron chi connectivity index (χ0n) is 16.1. The van der Waals surface area contributed by atoms with Gasteiger partial charge in [0.05, 0.1) is 11.3 Å². The first-order valence-electron chi connectivity index (χ1n) is 9.30. The fourth-order valence-electron chi connectivity index (χ4n) is 3.44. The quantitative estimate of drug-likeness (QED) is 0.825. The van der Waals surface area contributed by atoms with E-state index in [2.05, 4.69) is 17.3 Å². The lowest BCUT2D eigenvalue weighted by Gasteiger charge is -2.29. The van der Waals surface area contributed by atoms with Crippen molar-refractivity contribution in [2.45, 2.75) is 58.1 Å². The number of aromatic nitrogens is 2. The highest BCUT2D eigenvalue weighted by Gasteiger charge is 2.32. The van der Waals surface area contributed by atoms with E-state index < -0.39 is 5.60 Å². The molecule has 1 atom stereocenters. The average Bonchev–Trinajstić information content (AvgIpc) is 2.74. The predicted octanol–water partition coefficient (Wildman–Crippen LogP) is 2.30. The molecule has 0 aromatic carbocycles. The Morgan fingerprint density at radius 1 is 1.40 bits per heavy atom. The van der Waals surface area contributed by atoms with Crippen molar-refractivity contribution in [3.63, 3.8) is 0 Å². The molecule has 2 N–H and O–H groups in total. The monoisotopic (exact) mass is 351 g/mol. The number of hydrogen-bond acceptors (Lipinski definition) is 4. The van der Waals surface area contributed by atoms with Crippen LogP contribution >= 0.6 is 0 Å². The molecule has 0 saturated carbocycles. The lowest BCUT2D eigenvalue weighted by Crippen LogP contribution is -2.42. The third-order valence-corrected chi connectivity index (χ3v) is 4.68. The second-order valence-corrected chi connectivity index (χ2v) is 7.48. The Balaban J connectivity index is 1.97. The minimum atomic E-state index is -0.710. The maximum absolute atomic E-state index is 12.7. The molecule has 25 heavy (non-hydrogen) atoms. The van der Waals surface area contributed by atoms with Gasteiger partial charge in [0.2, 0.25) is 0 Å². The Labute approximate surface area is 151 Å². The molecule has 2 amide bonds. The molecular weight excluding hydrogens is 318 g/mol. The first-order chi connectivity index (χ1) is 11.8. The van der Waals surface area contributed by atoms with Gasteiger partial charge in [-0.1, -0.05) is 13.3 Å². The number of hydrogen-bond donors (Lipinski definition) is 2. The summed E-state index contributed by atoms with van der Waals surface area (Å²) in [6.45, 7) is 6.75. The normalized spacial score (nSPS) is 21.4. The second kappa shape index (κ2) is 8.67. The van der Waals surface area contributed by atoms with Crippen LogP contribution in [0.15, 0.2) is 6.07 Å². The van der Waals surface area contributed by atoms with E-state index in [9.17, 15) is 9.90 Å². The predicted molar refractivity (Wildman–Crippen MR) is 99.8 cm³/mol. The Hall–Kier alpha value is -1.60. The first-order valence-corrected chi connectivity index (χ1v) is 9.30. The van der Waals surface area contributed by atoms with Crippen molar-refractivity contribution in [3.8, 4) is 0 Å². The fourth-order valence-corrected chi connectivity index (χ4v) is 3.44. The van der Waals surface area contributed by atoms with Crippen LogP contribution in [0.25, 0.3) is 0 Å². The number of amides is 2. The molecule has 2 rings (SSSR count). The summed E-state index contributed by atoms with van der Waals surface area (Å²) in [4.78, 5) is 16.5. The van der Waals surface area contributed by atoms with Crippen LogP contribution in [-0.2, 0) is 6.54 Å². The van der Waals surface area contributed by atoms with E-state index in [0.29, 0.717) is 26.1 Å². The number of rotatable bonds is 6.